The van der Waals surface area contributed by atoms with E-state index in [2.05, 4.69) is 15.0 Å². The number of carbonyl (C=O) groups is 1. The zero-order valence-electron chi connectivity index (χ0n) is 12.8. The van der Waals surface area contributed by atoms with Crippen molar-refractivity contribution in [2.45, 2.75) is 0 Å². The van der Waals surface area contributed by atoms with Crippen LogP contribution in [0.5, 0.6) is 5.75 Å². The van der Waals surface area contributed by atoms with Crippen molar-refractivity contribution in [3.63, 3.8) is 0 Å². The molecular formula is C19H11N3O2. The molecule has 5 rings (SSSR count). The van der Waals surface area contributed by atoms with Crippen LogP contribution in [0.3, 0.4) is 0 Å². The normalized spacial score (nSPS) is 12.5. The number of hydrogen-bond acceptors (Lipinski definition) is 5. The van der Waals surface area contributed by atoms with Crippen LogP contribution >= 0.6 is 0 Å². The number of nitrogens with zero attached hydrogens (tertiary/aromatic N) is 3. The molecule has 3 aromatic heterocycles. The number of hydrogen-bond donors (Lipinski definition) is 0. The molecular weight excluding hydrogens is 302 g/mol. The van der Waals surface area contributed by atoms with E-state index in [0.717, 1.165) is 27.4 Å². The quantitative estimate of drug-likeness (QED) is 0.444. The van der Waals surface area contributed by atoms with Gasteiger partial charge in [-0.3, -0.25) is 14.8 Å². The Morgan fingerprint density at radius 2 is 1.79 bits per heavy atom. The van der Waals surface area contributed by atoms with Gasteiger partial charge in [0.25, 0.3) is 0 Å². The van der Waals surface area contributed by atoms with Gasteiger partial charge >= 0.3 is 0 Å². The van der Waals surface area contributed by atoms with E-state index in [9.17, 15) is 4.79 Å². The van der Waals surface area contributed by atoms with Crippen LogP contribution in [0.1, 0.15) is 16.1 Å². The molecule has 0 N–H and O–H groups in total. The number of benzene rings is 1. The minimum atomic E-state index is -0.110. The van der Waals surface area contributed by atoms with Gasteiger partial charge in [0.1, 0.15) is 17.1 Å². The van der Waals surface area contributed by atoms with Crippen molar-refractivity contribution >= 4 is 27.5 Å². The maximum Gasteiger partial charge on any atom is 0.214 e. The summed E-state index contributed by atoms with van der Waals surface area (Å²) in [5.41, 5.74) is 3.06. The molecule has 0 saturated heterocycles. The van der Waals surface area contributed by atoms with Crippen molar-refractivity contribution in [1.29, 1.82) is 0 Å². The van der Waals surface area contributed by atoms with Crippen molar-refractivity contribution in [3.05, 3.63) is 60.0 Å². The number of methoxy groups -OCH3 is 1. The third-order valence-electron chi connectivity index (χ3n) is 4.41. The van der Waals surface area contributed by atoms with Crippen LogP contribution in [-0.2, 0) is 0 Å². The van der Waals surface area contributed by atoms with Crippen molar-refractivity contribution in [2.75, 3.05) is 7.11 Å². The van der Waals surface area contributed by atoms with Crippen molar-refractivity contribution in [1.82, 2.24) is 15.0 Å². The Labute approximate surface area is 137 Å². The van der Waals surface area contributed by atoms with Gasteiger partial charge in [-0.05, 0) is 41.8 Å². The molecule has 1 aliphatic rings. The van der Waals surface area contributed by atoms with Gasteiger partial charge in [-0.25, -0.2) is 4.98 Å². The highest BCUT2D eigenvalue weighted by Crippen LogP contribution is 2.39. The van der Waals surface area contributed by atoms with Gasteiger partial charge in [0.05, 0.1) is 23.9 Å². The zero-order valence-corrected chi connectivity index (χ0v) is 12.8. The van der Waals surface area contributed by atoms with Crippen LogP contribution < -0.4 is 4.74 Å². The molecule has 0 saturated carbocycles. The third-order valence-corrected chi connectivity index (χ3v) is 4.41. The van der Waals surface area contributed by atoms with E-state index in [4.69, 9.17) is 4.74 Å². The first-order valence-corrected chi connectivity index (χ1v) is 7.54. The molecule has 4 aromatic rings. The third kappa shape index (κ3) is 1.58. The van der Waals surface area contributed by atoms with Gasteiger partial charge in [-0.2, -0.15) is 0 Å². The highest BCUT2D eigenvalue weighted by Gasteiger charge is 2.29. The summed E-state index contributed by atoms with van der Waals surface area (Å²) in [5.74, 6) is 0.639. The van der Waals surface area contributed by atoms with Gasteiger partial charge in [0.2, 0.25) is 5.78 Å². The summed E-state index contributed by atoms with van der Waals surface area (Å²) in [4.78, 5) is 26.4. The summed E-state index contributed by atoms with van der Waals surface area (Å²) >= 11 is 0. The highest BCUT2D eigenvalue weighted by atomic mass is 16.5. The van der Waals surface area contributed by atoms with E-state index in [1.165, 1.54) is 0 Å². The second-order valence-corrected chi connectivity index (χ2v) is 5.65. The van der Waals surface area contributed by atoms with Crippen molar-refractivity contribution in [2.24, 2.45) is 0 Å². The number of pyridine rings is 3. The van der Waals surface area contributed by atoms with E-state index < -0.39 is 0 Å². The summed E-state index contributed by atoms with van der Waals surface area (Å²) in [5, 5.41) is 2.63. The first kappa shape index (κ1) is 13.1. The second kappa shape index (κ2) is 4.58. The van der Waals surface area contributed by atoms with Crippen LogP contribution in [0.4, 0.5) is 0 Å². The van der Waals surface area contributed by atoms with Gasteiger partial charge in [0, 0.05) is 23.2 Å². The maximum atomic E-state index is 12.9. The van der Waals surface area contributed by atoms with Gasteiger partial charge < -0.3 is 4.74 Å². The molecule has 5 heteroatoms. The fourth-order valence-electron chi connectivity index (χ4n) is 3.31. The van der Waals surface area contributed by atoms with Crippen LogP contribution in [0, 0.1) is 0 Å². The standard InChI is InChI=1S/C19H11N3O2/c1-24-10-4-5-14-13(9-10)11-6-8-21-17-15(11)18(22-14)19(23)12-3-2-7-20-16(12)17/h2-9H,1H3. The Hall–Kier alpha value is -3.34. The fourth-order valence-corrected chi connectivity index (χ4v) is 3.31. The van der Waals surface area contributed by atoms with Crippen LogP contribution in [0.15, 0.2) is 48.8 Å². The van der Waals surface area contributed by atoms with E-state index in [0.29, 0.717) is 22.6 Å². The molecule has 0 bridgehead atoms. The summed E-state index contributed by atoms with van der Waals surface area (Å²) in [7, 11) is 1.63. The molecule has 0 amide bonds. The predicted octanol–water partition coefficient (Wildman–Crippen LogP) is 3.40. The molecule has 3 heterocycles. The van der Waals surface area contributed by atoms with E-state index >= 15 is 0 Å². The monoisotopic (exact) mass is 313 g/mol. The first-order valence-electron chi connectivity index (χ1n) is 7.54. The molecule has 0 spiro atoms. The van der Waals surface area contributed by atoms with Gasteiger partial charge in [0.15, 0.2) is 0 Å². The first-order chi connectivity index (χ1) is 11.8. The Kier molecular flexibility index (Phi) is 2.51. The highest BCUT2D eigenvalue weighted by molar-refractivity contribution is 6.27. The minimum Gasteiger partial charge on any atom is -0.497 e. The molecule has 24 heavy (non-hydrogen) atoms. The Bertz CT molecular complexity index is 1170. The number of aromatic nitrogens is 3. The largest absolute Gasteiger partial charge is 0.497 e. The topological polar surface area (TPSA) is 65.0 Å². The lowest BCUT2D eigenvalue weighted by molar-refractivity contribution is 0.103. The summed E-state index contributed by atoms with van der Waals surface area (Å²) in [6.45, 7) is 0. The van der Waals surface area contributed by atoms with Crippen molar-refractivity contribution in [3.8, 4) is 17.1 Å². The molecule has 1 aliphatic carbocycles. The van der Waals surface area contributed by atoms with E-state index in [1.807, 2.05) is 24.3 Å². The zero-order chi connectivity index (χ0) is 16.3. The summed E-state index contributed by atoms with van der Waals surface area (Å²) in [6, 6.07) is 11.1. The average molecular weight is 313 g/mol. The molecule has 0 radical (unpaired) electrons. The summed E-state index contributed by atoms with van der Waals surface area (Å²) < 4.78 is 5.33. The summed E-state index contributed by atoms with van der Waals surface area (Å²) in [6.07, 6.45) is 3.42. The van der Waals surface area contributed by atoms with Gasteiger partial charge in [-0.1, -0.05) is 0 Å². The number of rotatable bonds is 1. The molecule has 0 fully saturated rings. The smallest absolute Gasteiger partial charge is 0.214 e. The fraction of sp³-hybridized carbons (Fsp3) is 0.0526. The molecule has 5 nitrogen and oxygen atoms in total. The van der Waals surface area contributed by atoms with Crippen LogP contribution in [0.25, 0.3) is 33.1 Å². The lowest BCUT2D eigenvalue weighted by atomic mass is 9.90. The van der Waals surface area contributed by atoms with Crippen LogP contribution in [0.2, 0.25) is 0 Å². The SMILES string of the molecule is COc1ccc2nc3c4c(nccc4c2c1)-c1ncccc1C3=O. The lowest BCUT2D eigenvalue weighted by Gasteiger charge is -2.18. The number of ketones is 1. The minimum absolute atomic E-state index is 0.110. The molecule has 0 atom stereocenters. The Morgan fingerprint density at radius 1 is 0.917 bits per heavy atom. The van der Waals surface area contributed by atoms with Crippen LogP contribution in [-0.4, -0.2) is 27.8 Å². The average Bonchev–Trinajstić information content (AvgIpc) is 2.65. The maximum absolute atomic E-state index is 12.9. The van der Waals surface area contributed by atoms with E-state index in [-0.39, 0.29) is 5.78 Å². The predicted molar refractivity (Wildman–Crippen MR) is 90.3 cm³/mol. The molecule has 0 aliphatic heterocycles. The molecule has 114 valence electrons. The number of carbonyl (C=O) groups excluding carboxylic acids is 1. The number of ether oxygens (including phenoxy) is 1. The van der Waals surface area contributed by atoms with Gasteiger partial charge in [-0.15, -0.1) is 0 Å². The number of fused-ring (bicyclic) bond motifs is 4. The molecule has 1 aromatic carbocycles. The second-order valence-electron chi connectivity index (χ2n) is 5.65. The Morgan fingerprint density at radius 3 is 2.67 bits per heavy atom. The lowest BCUT2D eigenvalue weighted by Crippen LogP contribution is -2.14. The van der Waals surface area contributed by atoms with Crippen molar-refractivity contribution < 1.29 is 9.53 Å². The Balaban J connectivity index is 2.02. The van der Waals surface area contributed by atoms with E-state index in [1.54, 1.807) is 31.6 Å². The molecule has 0 unspecified atom stereocenters.